The van der Waals surface area contributed by atoms with E-state index in [2.05, 4.69) is 10.2 Å². The van der Waals surface area contributed by atoms with Crippen molar-refractivity contribution in [3.8, 4) is 0 Å². The van der Waals surface area contributed by atoms with E-state index in [1.165, 1.54) is 0 Å². The van der Waals surface area contributed by atoms with Gasteiger partial charge in [-0.1, -0.05) is 18.2 Å². The Labute approximate surface area is 170 Å². The number of nitrogens with zero attached hydrogens (tertiary/aromatic N) is 2. The fourth-order valence-corrected chi connectivity index (χ4v) is 3.16. The lowest BCUT2D eigenvalue weighted by Crippen LogP contribution is -2.47. The van der Waals surface area contributed by atoms with E-state index in [-0.39, 0.29) is 18.1 Å². The molecule has 1 saturated heterocycles. The summed E-state index contributed by atoms with van der Waals surface area (Å²) < 4.78 is 5.04. The zero-order chi connectivity index (χ0) is 20.8. The Morgan fingerprint density at radius 3 is 2.38 bits per heavy atom. The van der Waals surface area contributed by atoms with Gasteiger partial charge in [-0.15, -0.1) is 0 Å². The van der Waals surface area contributed by atoms with Gasteiger partial charge in [0.2, 0.25) is 0 Å². The maximum Gasteiger partial charge on any atom is 0.340 e. The number of nitrogens with one attached hydrogen (secondary N) is 1. The quantitative estimate of drug-likeness (QED) is 0.787. The van der Waals surface area contributed by atoms with Gasteiger partial charge in [0.05, 0.1) is 17.9 Å². The van der Waals surface area contributed by atoms with Crippen molar-refractivity contribution in [3.05, 3.63) is 65.2 Å². The Morgan fingerprint density at radius 1 is 0.966 bits per heavy atom. The van der Waals surface area contributed by atoms with Crippen molar-refractivity contribution in [3.63, 3.8) is 0 Å². The van der Waals surface area contributed by atoms with Gasteiger partial charge in [-0.2, -0.15) is 0 Å². The molecule has 3 rings (SSSR count). The van der Waals surface area contributed by atoms with Gasteiger partial charge in [0.1, 0.15) is 0 Å². The molecule has 1 fully saturated rings. The second-order valence-electron chi connectivity index (χ2n) is 6.90. The number of rotatable bonds is 5. The Balaban J connectivity index is 1.75. The highest BCUT2D eigenvalue weighted by Crippen LogP contribution is 2.18. The predicted molar refractivity (Wildman–Crippen MR) is 110 cm³/mol. The molecule has 7 nitrogen and oxygen atoms in total. The van der Waals surface area contributed by atoms with Crippen molar-refractivity contribution < 1.29 is 19.1 Å². The van der Waals surface area contributed by atoms with Crippen molar-refractivity contribution in [2.24, 2.45) is 0 Å². The highest BCUT2D eigenvalue weighted by Gasteiger charge is 2.21. The molecule has 0 atom stereocenters. The van der Waals surface area contributed by atoms with E-state index in [0.29, 0.717) is 29.9 Å². The van der Waals surface area contributed by atoms with Gasteiger partial charge >= 0.3 is 5.97 Å². The van der Waals surface area contributed by atoms with Crippen LogP contribution in [0, 0.1) is 0 Å². The predicted octanol–water partition coefficient (Wildman–Crippen LogP) is 2.50. The first-order valence-corrected chi connectivity index (χ1v) is 9.65. The number of benzene rings is 2. The van der Waals surface area contributed by atoms with E-state index in [1.807, 2.05) is 7.05 Å². The van der Waals surface area contributed by atoms with Gasteiger partial charge in [-0.3, -0.25) is 9.59 Å². The third-order valence-corrected chi connectivity index (χ3v) is 4.83. The average molecular weight is 395 g/mol. The number of hydrogen-bond donors (Lipinski definition) is 1. The summed E-state index contributed by atoms with van der Waals surface area (Å²) in [4.78, 5) is 41.6. The smallest absolute Gasteiger partial charge is 0.340 e. The minimum Gasteiger partial charge on any atom is -0.462 e. The molecule has 0 radical (unpaired) electrons. The Morgan fingerprint density at radius 2 is 1.66 bits per heavy atom. The van der Waals surface area contributed by atoms with Crippen LogP contribution in [0.15, 0.2) is 48.5 Å². The van der Waals surface area contributed by atoms with Crippen LogP contribution in [0.5, 0.6) is 0 Å². The first-order chi connectivity index (χ1) is 14.0. The summed E-state index contributed by atoms with van der Waals surface area (Å²) in [6, 6.07) is 13.3. The monoisotopic (exact) mass is 395 g/mol. The number of hydrogen-bond acceptors (Lipinski definition) is 5. The standard InChI is InChI=1S/C22H25N3O4/c1-3-29-22(28)18-9-4-5-10-19(18)23-20(26)16-7-6-8-17(15-16)21(27)25-13-11-24(2)12-14-25/h4-10,15H,3,11-14H2,1-2H3,(H,23,26). The molecule has 7 heteroatoms. The molecule has 2 aromatic carbocycles. The SMILES string of the molecule is CCOC(=O)c1ccccc1NC(=O)c1cccc(C(=O)N2CCN(C)CC2)c1. The van der Waals surface area contributed by atoms with Crippen molar-refractivity contribution in [1.29, 1.82) is 0 Å². The van der Waals surface area contributed by atoms with Crippen LogP contribution >= 0.6 is 0 Å². The number of para-hydroxylation sites is 1. The molecular formula is C22H25N3O4. The number of likely N-dealkylation sites (N-methyl/N-ethyl adjacent to an activating group) is 1. The van der Waals surface area contributed by atoms with Gasteiger partial charge in [0.25, 0.3) is 11.8 Å². The molecule has 0 unspecified atom stereocenters. The topological polar surface area (TPSA) is 78.9 Å². The normalized spacial score (nSPS) is 14.3. The highest BCUT2D eigenvalue weighted by atomic mass is 16.5. The van der Waals surface area contributed by atoms with Crippen LogP contribution in [0.25, 0.3) is 0 Å². The molecule has 0 saturated carbocycles. The molecule has 0 bridgehead atoms. The molecule has 0 aliphatic carbocycles. The lowest BCUT2D eigenvalue weighted by atomic mass is 10.1. The summed E-state index contributed by atoms with van der Waals surface area (Å²) in [5.41, 5.74) is 1.48. The summed E-state index contributed by atoms with van der Waals surface area (Å²) in [6.07, 6.45) is 0. The zero-order valence-corrected chi connectivity index (χ0v) is 16.7. The summed E-state index contributed by atoms with van der Waals surface area (Å²) >= 11 is 0. The number of anilines is 1. The third kappa shape index (κ3) is 5.00. The molecular weight excluding hydrogens is 370 g/mol. The molecule has 0 aromatic heterocycles. The van der Waals surface area contributed by atoms with E-state index < -0.39 is 11.9 Å². The molecule has 152 valence electrons. The maximum absolute atomic E-state index is 12.8. The summed E-state index contributed by atoms with van der Waals surface area (Å²) in [5.74, 6) is -0.975. The van der Waals surface area contributed by atoms with Crippen LogP contribution in [-0.2, 0) is 4.74 Å². The summed E-state index contributed by atoms with van der Waals surface area (Å²) in [6.45, 7) is 4.96. The Kier molecular flexibility index (Phi) is 6.61. The van der Waals surface area contributed by atoms with Gasteiger partial charge in [-0.25, -0.2) is 4.79 Å². The minimum absolute atomic E-state index is 0.0836. The van der Waals surface area contributed by atoms with Crippen LogP contribution in [0.2, 0.25) is 0 Å². The molecule has 2 amide bonds. The van der Waals surface area contributed by atoms with Crippen molar-refractivity contribution >= 4 is 23.5 Å². The van der Waals surface area contributed by atoms with Crippen LogP contribution in [0.4, 0.5) is 5.69 Å². The number of piperazine rings is 1. The molecule has 2 aromatic rings. The van der Waals surface area contributed by atoms with E-state index in [0.717, 1.165) is 13.1 Å². The molecule has 0 spiro atoms. The van der Waals surface area contributed by atoms with Gasteiger partial charge in [0.15, 0.2) is 0 Å². The maximum atomic E-state index is 12.8. The lowest BCUT2D eigenvalue weighted by molar-refractivity contribution is 0.0527. The lowest BCUT2D eigenvalue weighted by Gasteiger charge is -2.32. The summed E-state index contributed by atoms with van der Waals surface area (Å²) in [7, 11) is 2.03. The van der Waals surface area contributed by atoms with Gasteiger partial charge in [0, 0.05) is 37.3 Å². The second-order valence-corrected chi connectivity index (χ2v) is 6.90. The first-order valence-electron chi connectivity index (χ1n) is 9.65. The molecule has 1 aliphatic rings. The van der Waals surface area contributed by atoms with Crippen LogP contribution < -0.4 is 5.32 Å². The number of amides is 2. The third-order valence-electron chi connectivity index (χ3n) is 4.83. The van der Waals surface area contributed by atoms with Crippen LogP contribution in [0.1, 0.15) is 38.0 Å². The minimum atomic E-state index is -0.498. The number of carbonyl (C=O) groups excluding carboxylic acids is 3. The van der Waals surface area contributed by atoms with Crippen LogP contribution in [-0.4, -0.2) is 67.4 Å². The molecule has 1 N–H and O–H groups in total. The summed E-state index contributed by atoms with van der Waals surface area (Å²) in [5, 5.41) is 2.75. The van der Waals surface area contributed by atoms with Gasteiger partial charge < -0.3 is 19.9 Å². The second kappa shape index (κ2) is 9.34. The van der Waals surface area contributed by atoms with Crippen molar-refractivity contribution in [1.82, 2.24) is 9.80 Å². The van der Waals surface area contributed by atoms with E-state index in [1.54, 1.807) is 60.4 Å². The fourth-order valence-electron chi connectivity index (χ4n) is 3.16. The van der Waals surface area contributed by atoms with Gasteiger partial charge in [-0.05, 0) is 44.3 Å². The van der Waals surface area contributed by atoms with Crippen LogP contribution in [0.3, 0.4) is 0 Å². The van der Waals surface area contributed by atoms with E-state index >= 15 is 0 Å². The average Bonchev–Trinajstić information content (AvgIpc) is 2.74. The Bertz CT molecular complexity index is 904. The number of ether oxygens (including phenoxy) is 1. The van der Waals surface area contributed by atoms with E-state index in [4.69, 9.17) is 4.74 Å². The molecule has 29 heavy (non-hydrogen) atoms. The van der Waals surface area contributed by atoms with Crippen molar-refractivity contribution in [2.75, 3.05) is 45.2 Å². The molecule has 1 aliphatic heterocycles. The molecule has 1 heterocycles. The largest absolute Gasteiger partial charge is 0.462 e. The first kappa shape index (κ1) is 20.5. The highest BCUT2D eigenvalue weighted by molar-refractivity contribution is 6.09. The fraction of sp³-hybridized carbons (Fsp3) is 0.318. The number of carbonyl (C=O) groups is 3. The van der Waals surface area contributed by atoms with Crippen molar-refractivity contribution in [2.45, 2.75) is 6.92 Å². The number of esters is 1. The Hall–Kier alpha value is -3.19. The zero-order valence-electron chi connectivity index (χ0n) is 16.7. The van der Waals surface area contributed by atoms with E-state index in [9.17, 15) is 14.4 Å².